The van der Waals surface area contributed by atoms with Crippen molar-refractivity contribution in [1.82, 2.24) is 9.78 Å². The molecule has 0 saturated carbocycles. The lowest BCUT2D eigenvalue weighted by Crippen LogP contribution is -2.47. The van der Waals surface area contributed by atoms with Crippen molar-refractivity contribution in [1.29, 1.82) is 0 Å². The van der Waals surface area contributed by atoms with E-state index in [1.54, 1.807) is 0 Å². The Morgan fingerprint density at radius 1 is 1.00 bits per heavy atom. The van der Waals surface area contributed by atoms with Gasteiger partial charge in [0.15, 0.2) is 5.82 Å². The standard InChI is InChI=1S/C15H21N5/c1-12-14(16)15(18(2)17-12)20-10-8-19(9-11-20)13-6-4-3-5-7-13/h3-7H,8-11,16H2,1-2H3. The fourth-order valence-corrected chi connectivity index (χ4v) is 2.85. The minimum Gasteiger partial charge on any atom is -0.394 e. The summed E-state index contributed by atoms with van der Waals surface area (Å²) in [6.45, 7) is 5.91. The number of benzene rings is 1. The van der Waals surface area contributed by atoms with E-state index in [0.717, 1.165) is 43.4 Å². The lowest BCUT2D eigenvalue weighted by Gasteiger charge is -2.37. The lowest BCUT2D eigenvalue weighted by atomic mass is 10.2. The number of rotatable bonds is 2. The second-order valence-corrected chi connectivity index (χ2v) is 5.26. The highest BCUT2D eigenvalue weighted by Gasteiger charge is 2.22. The molecule has 20 heavy (non-hydrogen) atoms. The molecule has 0 atom stereocenters. The van der Waals surface area contributed by atoms with Gasteiger partial charge in [0.25, 0.3) is 0 Å². The van der Waals surface area contributed by atoms with Crippen LogP contribution in [0, 0.1) is 6.92 Å². The van der Waals surface area contributed by atoms with Gasteiger partial charge in [0.1, 0.15) is 0 Å². The van der Waals surface area contributed by atoms with Crippen LogP contribution in [0.15, 0.2) is 30.3 Å². The summed E-state index contributed by atoms with van der Waals surface area (Å²) in [6, 6.07) is 10.6. The van der Waals surface area contributed by atoms with Crippen LogP contribution in [0.2, 0.25) is 0 Å². The number of hydrogen-bond donors (Lipinski definition) is 1. The molecule has 2 heterocycles. The molecule has 1 saturated heterocycles. The van der Waals surface area contributed by atoms with Crippen LogP contribution in [0.3, 0.4) is 0 Å². The van der Waals surface area contributed by atoms with Gasteiger partial charge in [-0.05, 0) is 19.1 Å². The summed E-state index contributed by atoms with van der Waals surface area (Å²) in [5.74, 6) is 1.05. The van der Waals surface area contributed by atoms with Crippen LogP contribution < -0.4 is 15.5 Å². The van der Waals surface area contributed by atoms with Gasteiger partial charge >= 0.3 is 0 Å². The van der Waals surface area contributed by atoms with Gasteiger partial charge in [-0.15, -0.1) is 0 Å². The fourth-order valence-electron chi connectivity index (χ4n) is 2.85. The monoisotopic (exact) mass is 271 g/mol. The Kier molecular flexibility index (Phi) is 3.26. The number of anilines is 3. The molecule has 5 nitrogen and oxygen atoms in total. The molecule has 3 rings (SSSR count). The molecular weight excluding hydrogens is 250 g/mol. The summed E-state index contributed by atoms with van der Waals surface area (Å²) in [5, 5.41) is 4.40. The molecule has 1 aromatic heterocycles. The Labute approximate surface area is 119 Å². The third kappa shape index (κ3) is 2.19. The maximum Gasteiger partial charge on any atom is 0.150 e. The molecule has 2 N–H and O–H groups in total. The summed E-state index contributed by atoms with van der Waals surface area (Å²) in [5.41, 5.74) is 9.15. The van der Waals surface area contributed by atoms with Crippen LogP contribution in [-0.4, -0.2) is 36.0 Å². The lowest BCUT2D eigenvalue weighted by molar-refractivity contribution is 0.624. The van der Waals surface area contributed by atoms with Gasteiger partial charge in [-0.3, -0.25) is 4.68 Å². The first kappa shape index (κ1) is 12.8. The minimum absolute atomic E-state index is 0.806. The van der Waals surface area contributed by atoms with Gasteiger partial charge in [-0.1, -0.05) is 18.2 Å². The van der Waals surface area contributed by atoms with Crippen molar-refractivity contribution < 1.29 is 0 Å². The highest BCUT2D eigenvalue weighted by molar-refractivity contribution is 5.66. The zero-order valence-electron chi connectivity index (χ0n) is 12.1. The zero-order valence-corrected chi connectivity index (χ0v) is 12.1. The second-order valence-electron chi connectivity index (χ2n) is 5.26. The largest absolute Gasteiger partial charge is 0.394 e. The molecule has 5 heteroatoms. The Hall–Kier alpha value is -2.17. The van der Waals surface area contributed by atoms with Crippen molar-refractivity contribution in [2.24, 2.45) is 7.05 Å². The third-order valence-corrected chi connectivity index (χ3v) is 3.94. The maximum atomic E-state index is 6.14. The Morgan fingerprint density at radius 3 is 2.15 bits per heavy atom. The normalized spacial score (nSPS) is 15.7. The van der Waals surface area contributed by atoms with Crippen LogP contribution in [0.25, 0.3) is 0 Å². The smallest absolute Gasteiger partial charge is 0.150 e. The molecular formula is C15H21N5. The molecule has 1 aliphatic rings. The van der Waals surface area contributed by atoms with Gasteiger partial charge < -0.3 is 15.5 Å². The van der Waals surface area contributed by atoms with Gasteiger partial charge in [0.05, 0.1) is 11.4 Å². The summed E-state index contributed by atoms with van der Waals surface area (Å²) in [7, 11) is 1.96. The van der Waals surface area contributed by atoms with E-state index in [4.69, 9.17) is 5.73 Å². The third-order valence-electron chi connectivity index (χ3n) is 3.94. The Bertz CT molecular complexity index is 582. The van der Waals surface area contributed by atoms with Gasteiger partial charge in [-0.25, -0.2) is 0 Å². The van der Waals surface area contributed by atoms with Crippen molar-refractivity contribution >= 4 is 17.2 Å². The number of aromatic nitrogens is 2. The van der Waals surface area contributed by atoms with E-state index >= 15 is 0 Å². The molecule has 106 valence electrons. The first-order chi connectivity index (χ1) is 9.66. The first-order valence-corrected chi connectivity index (χ1v) is 7.01. The van der Waals surface area contributed by atoms with Crippen LogP contribution in [0.4, 0.5) is 17.2 Å². The van der Waals surface area contributed by atoms with E-state index in [1.807, 2.05) is 18.7 Å². The average molecular weight is 271 g/mol. The summed E-state index contributed by atoms with van der Waals surface area (Å²) < 4.78 is 1.89. The van der Waals surface area contributed by atoms with Crippen molar-refractivity contribution in [2.45, 2.75) is 6.92 Å². The molecule has 2 aromatic rings. The molecule has 1 aromatic carbocycles. The second kappa shape index (κ2) is 5.07. The molecule has 1 aliphatic heterocycles. The van der Waals surface area contributed by atoms with Crippen LogP contribution >= 0.6 is 0 Å². The maximum absolute atomic E-state index is 6.14. The number of aryl methyl sites for hydroxylation is 2. The van der Waals surface area contributed by atoms with Crippen molar-refractivity contribution in [3.63, 3.8) is 0 Å². The van der Waals surface area contributed by atoms with Crippen molar-refractivity contribution in [2.75, 3.05) is 41.7 Å². The minimum atomic E-state index is 0.806. The summed E-state index contributed by atoms with van der Waals surface area (Å²) in [4.78, 5) is 4.74. The molecule has 0 bridgehead atoms. The van der Waals surface area contributed by atoms with Gasteiger partial charge in [0.2, 0.25) is 0 Å². The Balaban J connectivity index is 1.73. The number of hydrogen-bond acceptors (Lipinski definition) is 4. The summed E-state index contributed by atoms with van der Waals surface area (Å²) >= 11 is 0. The first-order valence-electron chi connectivity index (χ1n) is 7.01. The van der Waals surface area contributed by atoms with Gasteiger partial charge in [-0.2, -0.15) is 5.10 Å². The van der Waals surface area contributed by atoms with Crippen molar-refractivity contribution in [3.05, 3.63) is 36.0 Å². The van der Waals surface area contributed by atoms with Crippen LogP contribution in [-0.2, 0) is 7.05 Å². The van der Waals surface area contributed by atoms with E-state index in [0.29, 0.717) is 0 Å². The molecule has 1 fully saturated rings. The predicted molar refractivity (Wildman–Crippen MR) is 83.2 cm³/mol. The van der Waals surface area contributed by atoms with E-state index in [2.05, 4.69) is 45.2 Å². The molecule has 0 unspecified atom stereocenters. The molecule has 0 aliphatic carbocycles. The van der Waals surface area contributed by atoms with Crippen molar-refractivity contribution in [3.8, 4) is 0 Å². The average Bonchev–Trinajstić information content (AvgIpc) is 2.73. The van der Waals surface area contributed by atoms with E-state index in [-0.39, 0.29) is 0 Å². The summed E-state index contributed by atoms with van der Waals surface area (Å²) in [6.07, 6.45) is 0. The van der Waals surface area contributed by atoms with E-state index in [9.17, 15) is 0 Å². The number of nitrogens with two attached hydrogens (primary N) is 1. The quantitative estimate of drug-likeness (QED) is 0.902. The zero-order chi connectivity index (χ0) is 14.1. The number of para-hydroxylation sites is 1. The SMILES string of the molecule is Cc1nn(C)c(N2CCN(c3ccccc3)CC2)c1N. The topological polar surface area (TPSA) is 50.3 Å². The number of nitrogens with zero attached hydrogens (tertiary/aromatic N) is 4. The number of nitrogen functional groups attached to an aromatic ring is 1. The highest BCUT2D eigenvalue weighted by atomic mass is 15.4. The van der Waals surface area contributed by atoms with Crippen LogP contribution in [0.1, 0.15) is 5.69 Å². The number of piperazine rings is 1. The van der Waals surface area contributed by atoms with E-state index < -0.39 is 0 Å². The molecule has 0 spiro atoms. The highest BCUT2D eigenvalue weighted by Crippen LogP contribution is 2.27. The van der Waals surface area contributed by atoms with Crippen LogP contribution in [0.5, 0.6) is 0 Å². The molecule has 0 radical (unpaired) electrons. The fraction of sp³-hybridized carbons (Fsp3) is 0.400. The Morgan fingerprint density at radius 2 is 1.60 bits per heavy atom. The predicted octanol–water partition coefficient (Wildman–Crippen LogP) is 1.64. The van der Waals surface area contributed by atoms with Gasteiger partial charge in [0, 0.05) is 38.9 Å². The van der Waals surface area contributed by atoms with E-state index in [1.165, 1.54) is 5.69 Å². The molecule has 0 amide bonds.